The molecule has 9 rings (SSSR count). The topological polar surface area (TPSA) is 0 Å². The zero-order valence-electron chi connectivity index (χ0n) is 39.3. The zero-order valence-corrected chi connectivity index (χ0v) is 44.3. The van der Waals surface area contributed by atoms with Crippen LogP contribution in [-0.2, 0) is 46.5 Å². The molecule has 0 unspecified atom stereocenters. The average molecular weight is 976 g/mol. The van der Waals surface area contributed by atoms with Gasteiger partial charge in [0.1, 0.15) is 0 Å². The predicted molar refractivity (Wildman–Crippen MR) is 282 cm³/mol. The summed E-state index contributed by atoms with van der Waals surface area (Å²) in [7, 11) is 10.7. The Morgan fingerprint density at radius 1 is 0.547 bits per heavy atom. The van der Waals surface area contributed by atoms with E-state index in [1.807, 2.05) is 6.07 Å². The maximum atomic E-state index is 4.93. The molecule has 2 radical (unpaired) electrons. The monoisotopic (exact) mass is 973 g/mol. The van der Waals surface area contributed by atoms with Crippen molar-refractivity contribution in [3.05, 3.63) is 179 Å². The van der Waals surface area contributed by atoms with Crippen molar-refractivity contribution in [2.45, 2.75) is 119 Å². The Balaban J connectivity index is 0.000000160. The third-order valence-electron chi connectivity index (χ3n) is 12.5. The Morgan fingerprint density at radius 3 is 1.44 bits per heavy atom. The summed E-state index contributed by atoms with van der Waals surface area (Å²) in [4.78, 5) is 0. The molecular weight excluding hydrogens is 911 g/mol. The molecule has 330 valence electrons. The largest absolute Gasteiger partial charge is 0.184 e. The van der Waals surface area contributed by atoms with Crippen LogP contribution in [0.15, 0.2) is 140 Å². The number of benzene rings is 6. The van der Waals surface area contributed by atoms with Gasteiger partial charge in [0.05, 0.1) is 9.52 Å². The van der Waals surface area contributed by atoms with Crippen molar-refractivity contribution < 1.29 is 20.8 Å². The third-order valence-corrected chi connectivity index (χ3v) is 13.9. The van der Waals surface area contributed by atoms with E-state index in [0.29, 0.717) is 11.8 Å². The van der Waals surface area contributed by atoms with Gasteiger partial charge in [0.25, 0.3) is 0 Å². The molecule has 0 fully saturated rings. The Kier molecular flexibility index (Phi) is 19.1. The second kappa shape index (κ2) is 24.7. The standard InChI is InChI=1S/2C24H29.C12H7Si.2ClH.Zr/c2*1-5-7-10-18-15-20-14-13-19(6-2)24(23(20)16-18)22-12-9-8-11-21(22)17(3)4;1-3-7-11-9(5-1)10-6-2-4-8-12(10)13-11;;;/h2*8-9,11-17H,5-7,10H2,1-4H3;1-7H;2*1H;/q3*-1;;;+2/p-2. The molecule has 64 heavy (non-hydrogen) atoms. The van der Waals surface area contributed by atoms with E-state index in [1.165, 1.54) is 137 Å². The van der Waals surface area contributed by atoms with Gasteiger partial charge in [0.2, 0.25) is 0 Å². The number of unbranched alkanes of at least 4 members (excludes halogenated alkanes) is 2. The minimum atomic E-state index is -0.826. The summed E-state index contributed by atoms with van der Waals surface area (Å²) in [6.07, 6.45) is 9.59. The van der Waals surface area contributed by atoms with Gasteiger partial charge in [-0.2, -0.15) is 41.6 Å². The summed E-state index contributed by atoms with van der Waals surface area (Å²) in [5.74, 6) is 1.08. The van der Waals surface area contributed by atoms with Gasteiger partial charge >= 0.3 is 37.9 Å². The zero-order chi connectivity index (χ0) is 45.6. The van der Waals surface area contributed by atoms with Gasteiger partial charge in [-0.1, -0.05) is 187 Å². The molecule has 4 heteroatoms. The normalized spacial score (nSPS) is 11.4. The molecule has 0 atom stereocenters. The summed E-state index contributed by atoms with van der Waals surface area (Å²) in [5, 5.41) is 8.49. The van der Waals surface area contributed by atoms with E-state index < -0.39 is 20.8 Å². The van der Waals surface area contributed by atoms with E-state index in [4.69, 9.17) is 17.0 Å². The fraction of sp³-hybridized carbons (Fsp3) is 0.300. The quantitative estimate of drug-likeness (QED) is 0.0845. The summed E-state index contributed by atoms with van der Waals surface area (Å²) < 4.78 is 0. The first-order chi connectivity index (χ1) is 31.2. The fourth-order valence-corrected chi connectivity index (χ4v) is 10.5. The van der Waals surface area contributed by atoms with Crippen LogP contribution >= 0.6 is 17.0 Å². The van der Waals surface area contributed by atoms with Crippen molar-refractivity contribution in [3.63, 3.8) is 0 Å². The molecule has 1 aliphatic rings. The van der Waals surface area contributed by atoms with E-state index in [0.717, 1.165) is 22.4 Å². The fourth-order valence-electron chi connectivity index (χ4n) is 9.24. The maximum absolute atomic E-state index is 4.93. The van der Waals surface area contributed by atoms with Crippen LogP contribution < -0.4 is 10.4 Å². The van der Waals surface area contributed by atoms with E-state index in [2.05, 4.69) is 195 Å². The van der Waals surface area contributed by atoms with Gasteiger partial charge in [-0.25, -0.2) is 0 Å². The second-order valence-corrected chi connectivity index (χ2v) is 22.6. The van der Waals surface area contributed by atoms with E-state index >= 15 is 0 Å². The molecule has 0 amide bonds. The van der Waals surface area contributed by atoms with Gasteiger partial charge in [-0.15, -0.1) is 74.6 Å². The van der Waals surface area contributed by atoms with Gasteiger partial charge in [-0.05, 0) is 59.8 Å². The molecule has 0 aliphatic carbocycles. The number of fused-ring (bicyclic) bond motifs is 5. The number of hydrogen-bond donors (Lipinski definition) is 0. The van der Waals surface area contributed by atoms with Crippen molar-refractivity contribution in [1.82, 2.24) is 0 Å². The number of aryl methyl sites for hydroxylation is 4. The molecule has 8 aromatic carbocycles. The SMILES string of the molecule is CCCCc1cc2c(-c3ccccc3C(C)C)c(CC)ccc2[cH-]1.CCCCc1cc2c(-c3ccccc3C(C)C)c(CC)ccc2[cH-]1.[Cl][Zr][Cl].[c-]1cccc2c1[Si]c1ccccc1-2. The Hall–Kier alpha value is -3.78. The van der Waals surface area contributed by atoms with Crippen LogP contribution in [0.2, 0.25) is 0 Å². The first-order valence-electron chi connectivity index (χ1n) is 23.6. The summed E-state index contributed by atoms with van der Waals surface area (Å²) in [6, 6.07) is 55.0. The Morgan fingerprint density at radius 2 is 0.984 bits per heavy atom. The smallest absolute Gasteiger partial charge is 0.0920 e. The van der Waals surface area contributed by atoms with Crippen LogP contribution in [0.4, 0.5) is 0 Å². The molecule has 0 N–H and O–H groups in total. The van der Waals surface area contributed by atoms with Crippen LogP contribution in [0.3, 0.4) is 0 Å². The average Bonchev–Trinajstić information content (AvgIpc) is 4.05. The molecule has 8 aromatic rings. The van der Waals surface area contributed by atoms with Gasteiger partial charge in [-0.3, -0.25) is 0 Å². The minimum absolute atomic E-state index is 0.538. The van der Waals surface area contributed by atoms with Crippen LogP contribution in [-0.4, -0.2) is 9.52 Å². The molecular formula is C60H65Cl2SiZr-3. The van der Waals surface area contributed by atoms with Crippen molar-refractivity contribution in [3.8, 4) is 33.4 Å². The molecule has 0 nitrogen and oxygen atoms in total. The van der Waals surface area contributed by atoms with Crippen LogP contribution in [0.5, 0.6) is 0 Å². The van der Waals surface area contributed by atoms with Crippen molar-refractivity contribution >= 4 is 58.5 Å². The summed E-state index contributed by atoms with van der Waals surface area (Å²) in [6.45, 7) is 18.2. The first kappa shape index (κ1) is 49.6. The molecule has 1 heterocycles. The van der Waals surface area contributed by atoms with Gasteiger partial charge < -0.3 is 0 Å². The van der Waals surface area contributed by atoms with E-state index in [9.17, 15) is 0 Å². The second-order valence-electron chi connectivity index (χ2n) is 17.5. The van der Waals surface area contributed by atoms with Crippen molar-refractivity contribution in [1.29, 1.82) is 0 Å². The number of hydrogen-bond acceptors (Lipinski definition) is 0. The first-order valence-corrected chi connectivity index (χ1v) is 30.9. The van der Waals surface area contributed by atoms with Crippen molar-refractivity contribution in [2.24, 2.45) is 0 Å². The Bertz CT molecular complexity index is 2530. The minimum Gasteiger partial charge on any atom is -0.184 e. The van der Waals surface area contributed by atoms with Crippen molar-refractivity contribution in [2.75, 3.05) is 0 Å². The molecule has 0 bridgehead atoms. The Labute approximate surface area is 407 Å². The van der Waals surface area contributed by atoms with Crippen LogP contribution in [0.25, 0.3) is 54.9 Å². The number of halogens is 2. The van der Waals surface area contributed by atoms with Crippen LogP contribution in [0, 0.1) is 6.07 Å². The van der Waals surface area contributed by atoms with Gasteiger partial charge in [0, 0.05) is 0 Å². The molecule has 0 aromatic heterocycles. The molecule has 0 saturated carbocycles. The molecule has 0 saturated heterocycles. The predicted octanol–water partition coefficient (Wildman–Crippen LogP) is 17.0. The maximum Gasteiger partial charge on any atom is 0.0920 e. The van der Waals surface area contributed by atoms with Crippen LogP contribution in [0.1, 0.15) is 126 Å². The summed E-state index contributed by atoms with van der Waals surface area (Å²) >= 11 is -0.826. The summed E-state index contributed by atoms with van der Waals surface area (Å²) in [5.41, 5.74) is 17.3. The third kappa shape index (κ3) is 12.0. The van der Waals surface area contributed by atoms with E-state index in [-0.39, 0.29) is 0 Å². The number of rotatable bonds is 12. The van der Waals surface area contributed by atoms with Gasteiger partial charge in [0.15, 0.2) is 0 Å². The molecule has 0 spiro atoms. The van der Waals surface area contributed by atoms with E-state index in [1.54, 1.807) is 0 Å². The molecule has 1 aliphatic heterocycles.